The van der Waals surface area contributed by atoms with Crippen LogP contribution in [0.25, 0.3) is 20.7 Å². The minimum absolute atomic E-state index is 0.102. The number of carboxylic acid groups (broad SMARTS) is 1. The number of thiol groups is 1. The molecule has 6 rings (SSSR count). The van der Waals surface area contributed by atoms with Gasteiger partial charge in [-0.05, 0) is 27.7 Å². The second-order valence-corrected chi connectivity index (χ2v) is 15.1. The first kappa shape index (κ1) is 60.9. The Morgan fingerprint density at radius 2 is 1.28 bits per heavy atom. The summed E-state index contributed by atoms with van der Waals surface area (Å²) >= 11 is 11.4. The zero-order valence-electron chi connectivity index (χ0n) is 37.3. The number of carbonyl (C=O) groups is 8. The topological polar surface area (TPSA) is 478 Å². The van der Waals surface area contributed by atoms with Crippen molar-refractivity contribution >= 4 is 127 Å². The third-order valence-electron chi connectivity index (χ3n) is 6.92. The van der Waals surface area contributed by atoms with Crippen molar-refractivity contribution < 1.29 is 52.9 Å². The number of halogens is 1. The molecule has 0 saturated carbocycles. The van der Waals surface area contributed by atoms with Crippen LogP contribution in [-0.4, -0.2) is 119 Å². The number of aldehydes is 1. The smallest absolute Gasteiger partial charge is 0.350 e. The fourth-order valence-corrected chi connectivity index (χ4v) is 6.04. The molecule has 0 radical (unpaired) electrons. The monoisotopic (exact) mass is 1030 g/mol. The molecule has 6 aromatic rings. The van der Waals surface area contributed by atoms with E-state index in [1.54, 1.807) is 33.2 Å². The predicted molar refractivity (Wildman–Crippen MR) is 255 cm³/mol. The summed E-state index contributed by atoms with van der Waals surface area (Å²) in [5.74, 6) is -4.67. The van der Waals surface area contributed by atoms with E-state index in [1.807, 2.05) is 13.0 Å². The van der Waals surface area contributed by atoms with Crippen LogP contribution in [0.1, 0.15) is 65.2 Å². The van der Waals surface area contributed by atoms with Crippen LogP contribution in [0.3, 0.4) is 0 Å². The maximum Gasteiger partial charge on any atom is 0.350 e. The van der Waals surface area contributed by atoms with Crippen molar-refractivity contribution in [3.8, 4) is 6.07 Å². The minimum Gasteiger partial charge on any atom is -0.477 e. The Morgan fingerprint density at radius 1 is 0.826 bits per heavy atom. The zero-order chi connectivity index (χ0) is 53.3. The van der Waals surface area contributed by atoms with Gasteiger partial charge in [-0.1, -0.05) is 11.6 Å². The number of methoxy groups -OCH3 is 2. The number of rotatable bonds is 7. The Balaban J connectivity index is 0.000000806. The van der Waals surface area contributed by atoms with Gasteiger partial charge in [0.05, 0.1) is 48.4 Å². The number of aromatic amines is 1. The first-order valence-electron chi connectivity index (χ1n) is 18.3. The first-order valence-corrected chi connectivity index (χ1v) is 20.9. The molecule has 0 bridgehead atoms. The largest absolute Gasteiger partial charge is 0.477 e. The molecule has 3 amide bonds. The number of primary amides is 3. The van der Waals surface area contributed by atoms with Crippen LogP contribution in [0.2, 0.25) is 5.15 Å². The summed E-state index contributed by atoms with van der Waals surface area (Å²) in [6, 6.07) is 0.465. The number of aromatic carboxylic acids is 1. The highest BCUT2D eigenvalue weighted by molar-refractivity contribution is 7.81. The van der Waals surface area contributed by atoms with Gasteiger partial charge in [-0.3, -0.25) is 33.6 Å². The van der Waals surface area contributed by atoms with Crippen molar-refractivity contribution in [1.82, 2.24) is 39.9 Å². The molecule has 0 unspecified atom stereocenters. The number of carboxylic acids is 1. The molecule has 0 fully saturated rings. The summed E-state index contributed by atoms with van der Waals surface area (Å²) in [6.07, 6.45) is 6.34. The van der Waals surface area contributed by atoms with Crippen molar-refractivity contribution in [2.75, 3.05) is 31.4 Å². The molecule has 6 aromatic heterocycles. The lowest BCUT2D eigenvalue weighted by atomic mass is 10.3. The van der Waals surface area contributed by atoms with E-state index >= 15 is 0 Å². The van der Waals surface area contributed by atoms with Crippen molar-refractivity contribution in [1.29, 1.82) is 5.26 Å². The number of amides is 3. The highest BCUT2D eigenvalue weighted by atomic mass is 35.5. The van der Waals surface area contributed by atoms with Crippen molar-refractivity contribution in [2.24, 2.45) is 22.9 Å². The fraction of sp³-hybridized carbons (Fsp3) is 0.237. The average Bonchev–Trinajstić information content (AvgIpc) is 3.80. The molecule has 0 saturated heterocycles. The third kappa shape index (κ3) is 20.9. The normalized spacial score (nSPS) is 9.48. The van der Waals surface area contributed by atoms with Crippen LogP contribution in [-0.2, 0) is 33.4 Å². The van der Waals surface area contributed by atoms with E-state index in [4.69, 9.17) is 49.7 Å². The van der Waals surface area contributed by atoms with Crippen LogP contribution < -0.4 is 40.0 Å². The van der Waals surface area contributed by atoms with Crippen molar-refractivity contribution in [2.45, 2.75) is 40.7 Å². The number of ether oxygens (including phenoxy) is 2. The number of Topliss-reactive ketones (excluding diaryl/α,β-unsaturated/α-hetero) is 1. The van der Waals surface area contributed by atoms with Crippen LogP contribution >= 0.6 is 46.9 Å². The van der Waals surface area contributed by atoms with Crippen LogP contribution in [0.15, 0.2) is 29.6 Å². The molecule has 6 heterocycles. The van der Waals surface area contributed by atoms with E-state index in [2.05, 4.69) is 73.4 Å². The zero-order valence-corrected chi connectivity index (χ0v) is 40.6. The molecule has 0 spiro atoms. The number of thiophene rings is 2. The molecule has 27 nitrogen and oxygen atoms in total. The number of carbonyl (C=O) groups excluding carboxylic acids is 7. The lowest BCUT2D eigenvalue weighted by Crippen LogP contribution is -2.46. The molecule has 31 heteroatoms. The Bertz CT molecular complexity index is 2900. The second-order valence-electron chi connectivity index (χ2n) is 12.4. The molecule has 14 N–H and O–H groups in total. The number of ketones is 1. The number of nitrogens with zero attached hydrogens (tertiary/aromatic N) is 8. The molecule has 0 aliphatic heterocycles. The van der Waals surface area contributed by atoms with Crippen molar-refractivity contribution in [3.05, 3.63) is 84.2 Å². The van der Waals surface area contributed by atoms with E-state index in [0.717, 1.165) is 22.7 Å². The van der Waals surface area contributed by atoms with E-state index in [1.165, 1.54) is 44.9 Å². The highest BCUT2D eigenvalue weighted by Crippen LogP contribution is 2.32. The van der Waals surface area contributed by atoms with E-state index in [-0.39, 0.29) is 45.1 Å². The quantitative estimate of drug-likeness (QED) is 0.0341. The number of aryl methyl sites for hydroxylation is 4. The molecule has 0 atom stereocenters. The summed E-state index contributed by atoms with van der Waals surface area (Å²) in [5, 5.41) is 17.4. The molecule has 69 heavy (non-hydrogen) atoms. The summed E-state index contributed by atoms with van der Waals surface area (Å²) in [5.41, 5.74) is 34.0. The number of nitrogens with two attached hydrogens (primary N) is 6. The fourth-order valence-electron chi connectivity index (χ4n) is 3.74. The number of anilines is 2. The van der Waals surface area contributed by atoms with Crippen LogP contribution in [0.5, 0.6) is 0 Å². The molecular formula is C38H44ClN15O12S3. The lowest BCUT2D eigenvalue weighted by Gasteiger charge is -1.97. The number of H-pyrrole nitrogens is 1. The summed E-state index contributed by atoms with van der Waals surface area (Å²) < 4.78 is 8.80. The second kappa shape index (κ2) is 30.2. The molecule has 0 aliphatic carbocycles. The molecule has 0 aromatic carbocycles. The van der Waals surface area contributed by atoms with Gasteiger partial charge in [0.25, 0.3) is 11.5 Å². The maximum absolute atomic E-state index is 11.3. The number of aromatic nitrogens is 8. The number of nitrogen functional groups attached to an aromatic ring is 2. The molecule has 368 valence electrons. The third-order valence-corrected chi connectivity index (χ3v) is 9.59. The molecule has 0 aliphatic rings. The number of hydrogen-bond acceptors (Lipinski definition) is 25. The number of hydrogen-bond donors (Lipinski definition) is 9. The Morgan fingerprint density at radius 3 is 1.61 bits per heavy atom. The van der Waals surface area contributed by atoms with Gasteiger partial charge in [0.2, 0.25) is 11.8 Å². The van der Waals surface area contributed by atoms with Gasteiger partial charge in [0.15, 0.2) is 34.7 Å². The van der Waals surface area contributed by atoms with Crippen LogP contribution in [0, 0.1) is 39.0 Å². The lowest BCUT2D eigenvalue weighted by molar-refractivity contribution is -0.137. The van der Waals surface area contributed by atoms with Gasteiger partial charge in [-0.15, -0.1) is 22.7 Å². The van der Waals surface area contributed by atoms with E-state index < -0.39 is 47.0 Å². The predicted octanol–water partition coefficient (Wildman–Crippen LogP) is 0.284. The number of nitriles is 1. The van der Waals surface area contributed by atoms with E-state index in [9.17, 15) is 38.4 Å². The summed E-state index contributed by atoms with van der Waals surface area (Å²) in [6.45, 7) is 8.27. The minimum atomic E-state index is -1.35. The highest BCUT2D eigenvalue weighted by Gasteiger charge is 2.19. The standard InChI is InChI=1S/C9H9N3O2S.C8H7N3O2S.C6H4ClN3.C6H7N3O2.C3H7N3O2.C3H6O2S.C3H4O2/c1-4-3-11-6-5(10)7(9(13)14-2)15-8(6)12-4;1-3-2-10-5-4(9)6(8(12)13)14-7(5)11-3;1-4-3-9-5(2-8)6(7)10-4;1-3-2-8-4(5(7)10)6(11)9-3;4-1(2(5)7)3(6)8;1-5-3(4)2-6;1-3(5)2-4/h3H,10H2,1-2H3;2H,9H2,1H3,(H,12,13);3H,1H3;2H,1H3,(H2,7,10)(H,9,11);1H,4H2,(H2,5,7)(H2,6,8);6H,2H2,1H3;2H,1H3. The number of nitrogens with one attached hydrogen (secondary N) is 1. The SMILES string of the molecule is CC(=O)C=O.COC(=O)CS.COC(=O)c1sc2nc(C)cnc2c1N.Cc1cnc(C#N)c(Cl)n1.Cc1cnc(C(N)=O)c(=O)[nH]1.Cc1cnc2c(N)c(C(=O)O)sc2n1.NC(=O)C(N)C(N)=O. The Hall–Kier alpha value is -8.11. The van der Waals surface area contributed by atoms with Crippen LogP contribution in [0.4, 0.5) is 11.4 Å². The number of esters is 2. The van der Waals surface area contributed by atoms with Gasteiger partial charge in [-0.25, -0.2) is 44.5 Å². The van der Waals surface area contributed by atoms with Gasteiger partial charge in [0, 0.05) is 37.4 Å². The summed E-state index contributed by atoms with van der Waals surface area (Å²) in [7, 11) is 2.65. The Labute approximate surface area is 408 Å². The van der Waals surface area contributed by atoms with Gasteiger partial charge in [-0.2, -0.15) is 17.9 Å². The maximum atomic E-state index is 11.3. The van der Waals surface area contributed by atoms with Gasteiger partial charge in [0.1, 0.15) is 36.5 Å². The number of fused-ring (bicyclic) bond motifs is 2. The first-order chi connectivity index (χ1) is 32.2. The average molecular weight is 1030 g/mol. The summed E-state index contributed by atoms with van der Waals surface area (Å²) in [4.78, 5) is 124. The molecular weight excluding hydrogens is 990 g/mol. The Kier molecular flexibility index (Phi) is 26.7. The van der Waals surface area contributed by atoms with Crippen molar-refractivity contribution in [3.63, 3.8) is 0 Å². The van der Waals surface area contributed by atoms with Gasteiger partial charge >= 0.3 is 17.9 Å². The van der Waals surface area contributed by atoms with E-state index in [0.29, 0.717) is 42.6 Å². The van der Waals surface area contributed by atoms with Gasteiger partial charge < -0.3 is 54.0 Å².